The van der Waals surface area contributed by atoms with E-state index in [0.717, 1.165) is 5.56 Å². The minimum atomic E-state index is -2.84. The van der Waals surface area contributed by atoms with Gasteiger partial charge in [-0.2, -0.15) is 0 Å². The zero-order chi connectivity index (χ0) is 10.6. The van der Waals surface area contributed by atoms with Gasteiger partial charge in [0.15, 0.2) is 0 Å². The summed E-state index contributed by atoms with van der Waals surface area (Å²) in [5, 5.41) is 2.63. The Morgan fingerprint density at radius 3 is 2.36 bits per heavy atom. The number of anilines is 1. The van der Waals surface area contributed by atoms with E-state index in [9.17, 15) is 8.78 Å². The van der Waals surface area contributed by atoms with Crippen molar-refractivity contribution in [2.24, 2.45) is 5.73 Å². The highest BCUT2D eigenvalue weighted by molar-refractivity contribution is 5.44. The molecule has 0 heterocycles. The first kappa shape index (κ1) is 10.9. The molecule has 0 aliphatic heterocycles. The van der Waals surface area contributed by atoms with Gasteiger partial charge in [-0.15, -0.1) is 0 Å². The van der Waals surface area contributed by atoms with Crippen molar-refractivity contribution in [1.82, 2.24) is 0 Å². The number of halogens is 2. The number of hydrogen-bond donors (Lipinski definition) is 2. The SMILES string of the molecule is Cc1ccc(NCC(F)(F)CN)cc1. The summed E-state index contributed by atoms with van der Waals surface area (Å²) in [6.45, 7) is 0.886. The molecule has 0 saturated heterocycles. The van der Waals surface area contributed by atoms with Gasteiger partial charge >= 0.3 is 0 Å². The molecular weight excluding hydrogens is 186 g/mol. The molecule has 0 spiro atoms. The second-order valence-electron chi connectivity index (χ2n) is 3.28. The van der Waals surface area contributed by atoms with Gasteiger partial charge in [0.2, 0.25) is 0 Å². The van der Waals surface area contributed by atoms with E-state index in [0.29, 0.717) is 5.69 Å². The van der Waals surface area contributed by atoms with E-state index in [1.165, 1.54) is 0 Å². The summed E-state index contributed by atoms with van der Waals surface area (Å²) < 4.78 is 25.5. The van der Waals surface area contributed by atoms with Crippen LogP contribution in [0.5, 0.6) is 0 Å². The van der Waals surface area contributed by atoms with Gasteiger partial charge in [-0.3, -0.25) is 0 Å². The van der Waals surface area contributed by atoms with Crippen molar-refractivity contribution in [3.05, 3.63) is 29.8 Å². The lowest BCUT2D eigenvalue weighted by molar-refractivity contribution is 0.0254. The summed E-state index contributed by atoms with van der Waals surface area (Å²) in [4.78, 5) is 0. The van der Waals surface area contributed by atoms with Crippen LogP contribution < -0.4 is 11.1 Å². The van der Waals surface area contributed by atoms with Crippen LogP contribution in [-0.4, -0.2) is 19.0 Å². The molecule has 14 heavy (non-hydrogen) atoms. The number of benzene rings is 1. The van der Waals surface area contributed by atoms with Crippen molar-refractivity contribution in [2.45, 2.75) is 12.8 Å². The van der Waals surface area contributed by atoms with Crippen LogP contribution in [0.2, 0.25) is 0 Å². The first-order chi connectivity index (χ1) is 6.53. The average molecular weight is 200 g/mol. The highest BCUT2D eigenvalue weighted by atomic mass is 19.3. The third-order valence-electron chi connectivity index (χ3n) is 1.90. The molecule has 1 aromatic rings. The summed E-state index contributed by atoms with van der Waals surface area (Å²) in [5.74, 6) is -2.84. The minimum Gasteiger partial charge on any atom is -0.379 e. The van der Waals surface area contributed by atoms with Crippen LogP contribution in [0.15, 0.2) is 24.3 Å². The number of rotatable bonds is 4. The molecule has 4 heteroatoms. The minimum absolute atomic E-state index is 0.424. The van der Waals surface area contributed by atoms with E-state index >= 15 is 0 Å². The smallest absolute Gasteiger partial charge is 0.276 e. The van der Waals surface area contributed by atoms with Crippen molar-refractivity contribution in [3.8, 4) is 0 Å². The standard InChI is InChI=1S/C10H14F2N2/c1-8-2-4-9(5-3-8)14-7-10(11,12)6-13/h2-5,14H,6-7,13H2,1H3. The maximum Gasteiger partial charge on any atom is 0.276 e. The lowest BCUT2D eigenvalue weighted by atomic mass is 10.2. The van der Waals surface area contributed by atoms with E-state index in [4.69, 9.17) is 5.73 Å². The first-order valence-electron chi connectivity index (χ1n) is 4.42. The summed E-state index contributed by atoms with van der Waals surface area (Å²) in [6, 6.07) is 7.26. The molecule has 0 aliphatic carbocycles. The van der Waals surface area contributed by atoms with Crippen LogP contribution in [0.1, 0.15) is 5.56 Å². The molecule has 2 nitrogen and oxygen atoms in total. The van der Waals surface area contributed by atoms with E-state index in [1.807, 2.05) is 19.1 Å². The zero-order valence-corrected chi connectivity index (χ0v) is 8.06. The summed E-state index contributed by atoms with van der Waals surface area (Å²) in [6.07, 6.45) is 0. The Morgan fingerprint density at radius 2 is 1.86 bits per heavy atom. The van der Waals surface area contributed by atoms with Gasteiger partial charge in [0.1, 0.15) is 0 Å². The Kier molecular flexibility index (Phi) is 3.41. The van der Waals surface area contributed by atoms with Crippen LogP contribution in [0, 0.1) is 6.92 Å². The Morgan fingerprint density at radius 1 is 1.29 bits per heavy atom. The van der Waals surface area contributed by atoms with Gasteiger partial charge < -0.3 is 11.1 Å². The topological polar surface area (TPSA) is 38.0 Å². The molecule has 78 valence electrons. The van der Waals surface area contributed by atoms with Gasteiger partial charge in [0.05, 0.1) is 13.1 Å². The molecule has 1 rings (SSSR count). The van der Waals surface area contributed by atoms with Gasteiger partial charge in [0, 0.05) is 5.69 Å². The normalized spacial score (nSPS) is 11.4. The molecular formula is C10H14F2N2. The Balaban J connectivity index is 2.50. The maximum absolute atomic E-state index is 12.7. The first-order valence-corrected chi connectivity index (χ1v) is 4.42. The van der Waals surface area contributed by atoms with Crippen LogP contribution >= 0.6 is 0 Å². The fourth-order valence-corrected chi connectivity index (χ4v) is 0.975. The quantitative estimate of drug-likeness (QED) is 0.780. The van der Waals surface area contributed by atoms with Gasteiger partial charge in [-0.05, 0) is 19.1 Å². The van der Waals surface area contributed by atoms with Crippen LogP contribution in [0.25, 0.3) is 0 Å². The third kappa shape index (κ3) is 3.30. The van der Waals surface area contributed by atoms with Crippen molar-refractivity contribution in [1.29, 1.82) is 0 Å². The lowest BCUT2D eigenvalue weighted by Gasteiger charge is -2.15. The molecule has 0 radical (unpaired) electrons. The van der Waals surface area contributed by atoms with Gasteiger partial charge in [0.25, 0.3) is 5.92 Å². The summed E-state index contributed by atoms with van der Waals surface area (Å²) >= 11 is 0. The zero-order valence-electron chi connectivity index (χ0n) is 8.06. The van der Waals surface area contributed by atoms with Gasteiger partial charge in [-0.25, -0.2) is 8.78 Å². The van der Waals surface area contributed by atoms with E-state index < -0.39 is 19.0 Å². The monoisotopic (exact) mass is 200 g/mol. The molecule has 0 unspecified atom stereocenters. The average Bonchev–Trinajstić information content (AvgIpc) is 2.17. The second-order valence-corrected chi connectivity index (χ2v) is 3.28. The molecule has 0 bridgehead atoms. The molecule has 0 aliphatic rings. The third-order valence-corrected chi connectivity index (χ3v) is 1.90. The summed E-state index contributed by atoms with van der Waals surface area (Å²) in [7, 11) is 0. The molecule has 0 saturated carbocycles. The number of alkyl halides is 2. The Hall–Kier alpha value is -1.16. The van der Waals surface area contributed by atoms with Crippen molar-refractivity contribution >= 4 is 5.69 Å². The van der Waals surface area contributed by atoms with Crippen LogP contribution in [0.3, 0.4) is 0 Å². The Bertz CT molecular complexity index is 283. The fraction of sp³-hybridized carbons (Fsp3) is 0.400. The highest BCUT2D eigenvalue weighted by Crippen LogP contribution is 2.14. The van der Waals surface area contributed by atoms with E-state index in [2.05, 4.69) is 5.32 Å². The predicted molar refractivity (Wildman–Crippen MR) is 53.7 cm³/mol. The summed E-state index contributed by atoms with van der Waals surface area (Å²) in [5.41, 5.74) is 6.69. The molecule has 0 aromatic heterocycles. The van der Waals surface area contributed by atoms with E-state index in [1.54, 1.807) is 12.1 Å². The number of nitrogens with one attached hydrogen (secondary N) is 1. The predicted octanol–water partition coefficient (Wildman–Crippen LogP) is 2.00. The van der Waals surface area contributed by atoms with E-state index in [-0.39, 0.29) is 0 Å². The molecule has 0 atom stereocenters. The number of hydrogen-bond acceptors (Lipinski definition) is 2. The van der Waals surface area contributed by atoms with Crippen LogP contribution in [-0.2, 0) is 0 Å². The Labute approximate surface area is 82.1 Å². The molecule has 0 fully saturated rings. The van der Waals surface area contributed by atoms with Crippen molar-refractivity contribution < 1.29 is 8.78 Å². The van der Waals surface area contributed by atoms with Gasteiger partial charge in [-0.1, -0.05) is 17.7 Å². The largest absolute Gasteiger partial charge is 0.379 e. The molecule has 1 aromatic carbocycles. The molecule has 0 amide bonds. The number of aryl methyl sites for hydroxylation is 1. The van der Waals surface area contributed by atoms with Crippen molar-refractivity contribution in [2.75, 3.05) is 18.4 Å². The lowest BCUT2D eigenvalue weighted by Crippen LogP contribution is -2.35. The highest BCUT2D eigenvalue weighted by Gasteiger charge is 2.25. The number of nitrogens with two attached hydrogens (primary N) is 1. The van der Waals surface area contributed by atoms with Crippen LogP contribution in [0.4, 0.5) is 14.5 Å². The van der Waals surface area contributed by atoms with Crippen molar-refractivity contribution in [3.63, 3.8) is 0 Å². The fourth-order valence-electron chi connectivity index (χ4n) is 0.975. The second kappa shape index (κ2) is 4.37. The molecule has 3 N–H and O–H groups in total. The maximum atomic E-state index is 12.7.